The molecular weight excluding hydrogens is 298 g/mol. The number of aryl methyl sites for hydroxylation is 1. The Balaban J connectivity index is 1.61. The maximum absolute atomic E-state index is 13.1. The first-order valence-electron chi connectivity index (χ1n) is 7.99. The Morgan fingerprint density at radius 2 is 2.17 bits per heavy atom. The topological polar surface area (TPSA) is 75.9 Å². The number of hydrogen-bond donors (Lipinski definition) is 0. The molecule has 3 aliphatic heterocycles. The zero-order valence-electron chi connectivity index (χ0n) is 13.7. The van der Waals surface area contributed by atoms with Crippen molar-refractivity contribution in [2.75, 3.05) is 20.7 Å². The number of hydrogen-bond acceptors (Lipinski definition) is 6. The Labute approximate surface area is 134 Å². The van der Waals surface area contributed by atoms with E-state index in [1.165, 1.54) is 0 Å². The lowest BCUT2D eigenvalue weighted by Gasteiger charge is -2.68. The molecule has 3 atom stereocenters. The average molecular weight is 319 g/mol. The van der Waals surface area contributed by atoms with E-state index in [4.69, 9.17) is 9.26 Å². The van der Waals surface area contributed by atoms with Crippen LogP contribution in [0.15, 0.2) is 4.52 Å². The van der Waals surface area contributed by atoms with Gasteiger partial charge in [0, 0.05) is 39.2 Å². The molecule has 3 saturated heterocycles. The van der Waals surface area contributed by atoms with E-state index in [0.29, 0.717) is 31.0 Å². The molecule has 0 N–H and O–H groups in total. The number of ether oxygens (including phenoxy) is 1. The molecule has 1 unspecified atom stereocenters. The Hall–Kier alpha value is -1.73. The molecular formula is C16H21N3O4. The maximum Gasteiger partial charge on any atom is 0.223 e. The van der Waals surface area contributed by atoms with E-state index in [-0.39, 0.29) is 23.8 Å². The van der Waals surface area contributed by atoms with Crippen LogP contribution in [-0.2, 0) is 16.1 Å². The predicted octanol–water partition coefficient (Wildman–Crippen LogP) is 0.760. The Kier molecular flexibility index (Phi) is 3.15. The molecule has 1 aromatic heterocycles. The largest absolute Gasteiger partial charge is 0.380 e. The molecule has 3 aliphatic rings. The van der Waals surface area contributed by atoms with Gasteiger partial charge in [-0.25, -0.2) is 0 Å². The second kappa shape index (κ2) is 4.88. The summed E-state index contributed by atoms with van der Waals surface area (Å²) in [5.41, 5.74) is 0.652. The van der Waals surface area contributed by atoms with Gasteiger partial charge in [0.25, 0.3) is 0 Å². The van der Waals surface area contributed by atoms with Crippen LogP contribution in [0.4, 0.5) is 0 Å². The van der Waals surface area contributed by atoms with Crippen LogP contribution >= 0.6 is 0 Å². The molecule has 1 amide bonds. The van der Waals surface area contributed by atoms with Crippen molar-refractivity contribution < 1.29 is 18.8 Å². The molecule has 0 saturated carbocycles. The molecule has 0 bridgehead atoms. The fourth-order valence-electron chi connectivity index (χ4n) is 4.55. The third kappa shape index (κ3) is 1.86. The number of carbonyl (C=O) groups excluding carboxylic acids is 2. The third-order valence-corrected chi connectivity index (χ3v) is 5.66. The van der Waals surface area contributed by atoms with Gasteiger partial charge in [0.15, 0.2) is 5.69 Å². The minimum absolute atomic E-state index is 0.0194. The first kappa shape index (κ1) is 14.8. The van der Waals surface area contributed by atoms with Gasteiger partial charge in [0.1, 0.15) is 5.76 Å². The van der Waals surface area contributed by atoms with Gasteiger partial charge in [-0.2, -0.15) is 0 Å². The van der Waals surface area contributed by atoms with Gasteiger partial charge in [-0.05, 0) is 19.8 Å². The lowest BCUT2D eigenvalue weighted by molar-refractivity contribution is -0.165. The maximum atomic E-state index is 13.1. The van der Waals surface area contributed by atoms with Crippen LogP contribution in [0.3, 0.4) is 0 Å². The van der Waals surface area contributed by atoms with Crippen molar-refractivity contribution in [2.45, 2.75) is 50.4 Å². The summed E-state index contributed by atoms with van der Waals surface area (Å²) in [7, 11) is 3.43. The van der Waals surface area contributed by atoms with E-state index in [2.05, 4.69) is 10.1 Å². The number of methoxy groups -OCH3 is 1. The van der Waals surface area contributed by atoms with E-state index < -0.39 is 5.54 Å². The van der Waals surface area contributed by atoms with Crippen molar-refractivity contribution in [2.24, 2.45) is 0 Å². The van der Waals surface area contributed by atoms with Crippen molar-refractivity contribution >= 4 is 11.7 Å². The van der Waals surface area contributed by atoms with E-state index in [1.54, 1.807) is 18.9 Å². The van der Waals surface area contributed by atoms with Gasteiger partial charge >= 0.3 is 0 Å². The number of aromatic nitrogens is 1. The number of Topliss-reactive ketones (excluding diaryl/α,β-unsaturated/α-hetero) is 1. The fourth-order valence-corrected chi connectivity index (χ4v) is 4.55. The first-order chi connectivity index (χ1) is 11.0. The van der Waals surface area contributed by atoms with Gasteiger partial charge in [-0.3, -0.25) is 14.5 Å². The summed E-state index contributed by atoms with van der Waals surface area (Å²) in [4.78, 5) is 29.2. The van der Waals surface area contributed by atoms with E-state index in [9.17, 15) is 9.59 Å². The highest BCUT2D eigenvalue weighted by Gasteiger charge is 2.68. The van der Waals surface area contributed by atoms with Gasteiger partial charge in [0.05, 0.1) is 17.7 Å². The van der Waals surface area contributed by atoms with Crippen molar-refractivity contribution in [1.29, 1.82) is 0 Å². The van der Waals surface area contributed by atoms with Crippen molar-refractivity contribution in [3.8, 4) is 0 Å². The second-order valence-electron chi connectivity index (χ2n) is 6.96. The Bertz CT molecular complexity index is 685. The van der Waals surface area contributed by atoms with Crippen LogP contribution in [0.5, 0.6) is 0 Å². The summed E-state index contributed by atoms with van der Waals surface area (Å²) in [6.07, 6.45) is 2.03. The van der Waals surface area contributed by atoms with Gasteiger partial charge in [-0.15, -0.1) is 0 Å². The van der Waals surface area contributed by atoms with Crippen molar-refractivity contribution in [3.05, 3.63) is 17.0 Å². The summed E-state index contributed by atoms with van der Waals surface area (Å²) in [6.45, 7) is 2.82. The molecule has 0 aliphatic carbocycles. The van der Waals surface area contributed by atoms with Gasteiger partial charge < -0.3 is 14.2 Å². The molecule has 7 nitrogen and oxygen atoms in total. The minimum atomic E-state index is -0.480. The zero-order chi connectivity index (χ0) is 16.4. The number of carbonyl (C=O) groups is 2. The summed E-state index contributed by atoms with van der Waals surface area (Å²) in [6, 6.07) is 0.474. The number of likely N-dealkylation sites (N-methyl/N-ethyl adjacent to an activating group) is 1. The molecule has 7 heteroatoms. The van der Waals surface area contributed by atoms with E-state index in [1.807, 2.05) is 7.05 Å². The number of nitrogens with zero attached hydrogens (tertiary/aromatic N) is 3. The summed E-state index contributed by atoms with van der Waals surface area (Å²) in [5.74, 6) is 0.817. The lowest BCUT2D eigenvalue weighted by Crippen LogP contribution is -2.82. The van der Waals surface area contributed by atoms with Crippen LogP contribution in [-0.4, -0.2) is 65.0 Å². The van der Waals surface area contributed by atoms with E-state index in [0.717, 1.165) is 18.4 Å². The monoisotopic (exact) mass is 319 g/mol. The Morgan fingerprint density at radius 3 is 2.91 bits per heavy atom. The summed E-state index contributed by atoms with van der Waals surface area (Å²) >= 11 is 0. The van der Waals surface area contributed by atoms with Crippen LogP contribution in [0.2, 0.25) is 0 Å². The van der Waals surface area contributed by atoms with Gasteiger partial charge in [-0.1, -0.05) is 5.16 Å². The van der Waals surface area contributed by atoms with Gasteiger partial charge in [0.2, 0.25) is 11.7 Å². The second-order valence-corrected chi connectivity index (χ2v) is 6.96. The number of piperidine rings is 1. The highest BCUT2D eigenvalue weighted by molar-refractivity contribution is 6.05. The lowest BCUT2D eigenvalue weighted by atomic mass is 9.61. The highest BCUT2D eigenvalue weighted by Crippen LogP contribution is 2.55. The molecule has 0 spiro atoms. The smallest absolute Gasteiger partial charge is 0.223 e. The molecule has 124 valence electrons. The molecule has 4 heterocycles. The Morgan fingerprint density at radius 1 is 1.43 bits per heavy atom. The number of ketones is 1. The number of amides is 1. The minimum Gasteiger partial charge on any atom is -0.380 e. The average Bonchev–Trinajstić information content (AvgIpc) is 2.83. The van der Waals surface area contributed by atoms with Crippen LogP contribution in [0.25, 0.3) is 0 Å². The van der Waals surface area contributed by atoms with Crippen LogP contribution in [0.1, 0.15) is 41.1 Å². The zero-order valence-corrected chi connectivity index (χ0v) is 13.7. The quantitative estimate of drug-likeness (QED) is 0.763. The molecule has 23 heavy (non-hydrogen) atoms. The fraction of sp³-hybridized carbons (Fsp3) is 0.688. The standard InChI is InChI=1S/C16H21N3O4/c1-9-12(8-22-3)14(17-23-9)15(21)16-5-10-4-13(20)18(2)7-11(6-16)19(10)16/h10-11H,4-8H2,1-3H3/t10-,11+,16?/m0/s1. The molecule has 0 radical (unpaired) electrons. The molecule has 4 rings (SSSR count). The first-order valence-corrected chi connectivity index (χ1v) is 7.99. The van der Waals surface area contributed by atoms with Crippen molar-refractivity contribution in [3.63, 3.8) is 0 Å². The highest BCUT2D eigenvalue weighted by atomic mass is 16.5. The molecule has 1 aromatic rings. The normalized spacial score (nSPS) is 32.8. The summed E-state index contributed by atoms with van der Waals surface area (Å²) in [5, 5.41) is 3.99. The number of rotatable bonds is 4. The van der Waals surface area contributed by atoms with Crippen LogP contribution in [0, 0.1) is 6.92 Å². The third-order valence-electron chi connectivity index (χ3n) is 5.66. The predicted molar refractivity (Wildman–Crippen MR) is 79.9 cm³/mol. The molecule has 3 fully saturated rings. The van der Waals surface area contributed by atoms with Crippen molar-refractivity contribution in [1.82, 2.24) is 15.0 Å². The van der Waals surface area contributed by atoms with Crippen LogP contribution < -0.4 is 0 Å². The summed E-state index contributed by atoms with van der Waals surface area (Å²) < 4.78 is 10.4. The molecule has 0 aromatic carbocycles. The van der Waals surface area contributed by atoms with E-state index >= 15 is 0 Å². The SMILES string of the molecule is COCc1c(C(=O)C23C[C@@H]4CC(=O)N(C)C[C@@H](C2)N43)noc1C.